The second-order valence-corrected chi connectivity index (χ2v) is 7.51. The molecule has 0 saturated carbocycles. The van der Waals surface area contributed by atoms with E-state index in [1.807, 2.05) is 48.7 Å². The van der Waals surface area contributed by atoms with E-state index < -0.39 is 0 Å². The van der Waals surface area contributed by atoms with Crippen LogP contribution >= 0.6 is 11.3 Å². The van der Waals surface area contributed by atoms with Gasteiger partial charge in [-0.15, -0.1) is 11.3 Å². The first-order chi connectivity index (χ1) is 13.6. The number of carbonyl (C=O) groups excluding carboxylic acids is 1. The van der Waals surface area contributed by atoms with Crippen molar-refractivity contribution >= 4 is 28.3 Å². The Bertz CT molecular complexity index is 1160. The van der Waals surface area contributed by atoms with Crippen molar-refractivity contribution in [1.29, 1.82) is 0 Å². The number of nitrogens with zero attached hydrogens (tertiary/aromatic N) is 4. The molecule has 1 N–H and O–H groups in total. The van der Waals surface area contributed by atoms with Crippen LogP contribution in [0.15, 0.2) is 59.1 Å². The van der Waals surface area contributed by atoms with Gasteiger partial charge in [-0.05, 0) is 30.5 Å². The van der Waals surface area contributed by atoms with Crippen molar-refractivity contribution < 1.29 is 4.79 Å². The summed E-state index contributed by atoms with van der Waals surface area (Å²) in [6.07, 6.45) is 3.21. The zero-order valence-corrected chi connectivity index (χ0v) is 16.1. The van der Waals surface area contributed by atoms with Crippen LogP contribution in [0.5, 0.6) is 0 Å². The lowest BCUT2D eigenvalue weighted by Crippen LogP contribution is -2.27. The molecule has 7 nitrogen and oxygen atoms in total. The Morgan fingerprint density at radius 2 is 2.04 bits per heavy atom. The molecule has 0 radical (unpaired) electrons. The van der Waals surface area contributed by atoms with E-state index in [-0.39, 0.29) is 24.4 Å². The van der Waals surface area contributed by atoms with Crippen molar-refractivity contribution in [3.05, 3.63) is 75.1 Å². The topological polar surface area (TPSA) is 81.8 Å². The van der Waals surface area contributed by atoms with E-state index in [0.717, 1.165) is 16.1 Å². The molecule has 28 heavy (non-hydrogen) atoms. The van der Waals surface area contributed by atoms with Crippen LogP contribution in [0.3, 0.4) is 0 Å². The number of amides is 1. The van der Waals surface area contributed by atoms with E-state index in [0.29, 0.717) is 17.6 Å². The summed E-state index contributed by atoms with van der Waals surface area (Å²) in [5.41, 5.74) is 2.30. The highest BCUT2D eigenvalue weighted by Crippen LogP contribution is 2.14. The van der Waals surface area contributed by atoms with Crippen LogP contribution in [0.2, 0.25) is 0 Å². The molecule has 0 aliphatic rings. The number of nitrogens with one attached hydrogen (secondary N) is 1. The van der Waals surface area contributed by atoms with Gasteiger partial charge in [0.05, 0.1) is 24.8 Å². The molecular weight excluding hydrogens is 374 g/mol. The van der Waals surface area contributed by atoms with Gasteiger partial charge in [0.2, 0.25) is 5.91 Å². The SMILES string of the molecule is Cc1ccc(-n2ncc3c(=O)n(CCC(=O)NCc4cccs4)cnc32)cc1. The van der Waals surface area contributed by atoms with Crippen LogP contribution in [0.1, 0.15) is 16.9 Å². The summed E-state index contributed by atoms with van der Waals surface area (Å²) >= 11 is 1.60. The summed E-state index contributed by atoms with van der Waals surface area (Å²) < 4.78 is 3.10. The third-order valence-corrected chi connectivity index (χ3v) is 5.33. The van der Waals surface area contributed by atoms with E-state index in [1.54, 1.807) is 16.0 Å². The number of thiophene rings is 1. The van der Waals surface area contributed by atoms with Gasteiger partial charge in [0.15, 0.2) is 5.65 Å². The van der Waals surface area contributed by atoms with Crippen molar-refractivity contribution in [2.75, 3.05) is 0 Å². The van der Waals surface area contributed by atoms with E-state index in [4.69, 9.17) is 0 Å². The molecular formula is C20H19N5O2S. The van der Waals surface area contributed by atoms with E-state index in [1.165, 1.54) is 17.1 Å². The van der Waals surface area contributed by atoms with Gasteiger partial charge >= 0.3 is 0 Å². The van der Waals surface area contributed by atoms with Gasteiger partial charge in [0, 0.05) is 17.8 Å². The lowest BCUT2D eigenvalue weighted by Gasteiger charge is -2.07. The van der Waals surface area contributed by atoms with Gasteiger partial charge < -0.3 is 5.32 Å². The summed E-state index contributed by atoms with van der Waals surface area (Å²) in [4.78, 5) is 30.3. The molecule has 4 rings (SSSR count). The lowest BCUT2D eigenvalue weighted by atomic mass is 10.2. The number of aryl methyl sites for hydroxylation is 2. The smallest absolute Gasteiger partial charge is 0.264 e. The van der Waals surface area contributed by atoms with Crippen LogP contribution in [0.25, 0.3) is 16.7 Å². The molecule has 1 amide bonds. The molecule has 0 spiro atoms. The van der Waals surface area contributed by atoms with Crippen molar-refractivity contribution in [2.45, 2.75) is 26.4 Å². The Morgan fingerprint density at radius 3 is 2.79 bits per heavy atom. The van der Waals surface area contributed by atoms with Crippen molar-refractivity contribution in [3.8, 4) is 5.69 Å². The molecule has 0 atom stereocenters. The molecule has 0 aliphatic heterocycles. The Hall–Kier alpha value is -3.26. The van der Waals surface area contributed by atoms with Gasteiger partial charge in [-0.2, -0.15) is 5.10 Å². The average Bonchev–Trinajstić information content (AvgIpc) is 3.36. The highest BCUT2D eigenvalue weighted by Gasteiger charge is 2.12. The summed E-state index contributed by atoms with van der Waals surface area (Å²) in [5, 5.41) is 9.58. The standard InChI is InChI=1S/C20H19N5O2S/c1-14-4-6-15(7-5-14)25-19-17(12-23-25)20(27)24(13-22-19)9-8-18(26)21-11-16-3-2-10-28-16/h2-7,10,12-13H,8-9,11H2,1H3,(H,21,26). The molecule has 3 heterocycles. The van der Waals surface area contributed by atoms with Crippen LogP contribution in [-0.4, -0.2) is 25.2 Å². The quantitative estimate of drug-likeness (QED) is 0.546. The largest absolute Gasteiger partial charge is 0.351 e. The summed E-state index contributed by atoms with van der Waals surface area (Å²) in [6.45, 7) is 2.79. The number of hydrogen-bond donors (Lipinski definition) is 1. The number of hydrogen-bond acceptors (Lipinski definition) is 5. The molecule has 4 aromatic rings. The Kier molecular flexibility index (Phi) is 5.03. The number of aromatic nitrogens is 4. The minimum absolute atomic E-state index is 0.101. The van der Waals surface area contributed by atoms with Gasteiger partial charge in [-0.3, -0.25) is 14.2 Å². The third-order valence-electron chi connectivity index (χ3n) is 4.45. The van der Waals surface area contributed by atoms with Crippen LogP contribution in [-0.2, 0) is 17.9 Å². The summed E-state index contributed by atoms with van der Waals surface area (Å²) in [5.74, 6) is -0.101. The lowest BCUT2D eigenvalue weighted by molar-refractivity contribution is -0.121. The first-order valence-corrected chi connectivity index (χ1v) is 9.79. The minimum atomic E-state index is -0.200. The fourth-order valence-electron chi connectivity index (χ4n) is 2.89. The van der Waals surface area contributed by atoms with Crippen LogP contribution in [0, 0.1) is 6.92 Å². The molecule has 0 bridgehead atoms. The third kappa shape index (κ3) is 3.72. The zero-order chi connectivity index (χ0) is 19.5. The summed E-state index contributed by atoms with van der Waals surface area (Å²) in [7, 11) is 0. The second-order valence-electron chi connectivity index (χ2n) is 6.48. The number of rotatable bonds is 6. The molecule has 0 aliphatic carbocycles. The maximum atomic E-state index is 12.7. The molecule has 0 unspecified atom stereocenters. The predicted molar refractivity (Wildman–Crippen MR) is 109 cm³/mol. The second kappa shape index (κ2) is 7.77. The van der Waals surface area contributed by atoms with Crippen molar-refractivity contribution in [3.63, 3.8) is 0 Å². The predicted octanol–water partition coefficient (Wildman–Crippen LogP) is 2.66. The van der Waals surface area contributed by atoms with Crippen molar-refractivity contribution in [1.82, 2.24) is 24.6 Å². The maximum Gasteiger partial charge on any atom is 0.264 e. The van der Waals surface area contributed by atoms with Crippen LogP contribution < -0.4 is 10.9 Å². The minimum Gasteiger partial charge on any atom is -0.351 e. The van der Waals surface area contributed by atoms with Crippen LogP contribution in [0.4, 0.5) is 0 Å². The normalized spacial score (nSPS) is 11.0. The Balaban J connectivity index is 1.48. The fraction of sp³-hybridized carbons (Fsp3) is 0.200. The summed E-state index contributed by atoms with van der Waals surface area (Å²) in [6, 6.07) is 11.8. The van der Waals surface area contributed by atoms with Gasteiger partial charge in [0.1, 0.15) is 5.39 Å². The van der Waals surface area contributed by atoms with Gasteiger partial charge in [-0.1, -0.05) is 23.8 Å². The van der Waals surface area contributed by atoms with E-state index in [9.17, 15) is 9.59 Å². The molecule has 142 valence electrons. The monoisotopic (exact) mass is 393 g/mol. The Morgan fingerprint density at radius 1 is 1.21 bits per heavy atom. The van der Waals surface area contributed by atoms with Gasteiger partial charge in [-0.25, -0.2) is 9.67 Å². The van der Waals surface area contributed by atoms with Crippen molar-refractivity contribution in [2.24, 2.45) is 0 Å². The van der Waals surface area contributed by atoms with E-state index >= 15 is 0 Å². The zero-order valence-electron chi connectivity index (χ0n) is 15.3. The molecule has 0 fully saturated rings. The average molecular weight is 393 g/mol. The first kappa shape index (κ1) is 18.1. The molecule has 1 aromatic carbocycles. The number of carbonyl (C=O) groups is 1. The molecule has 8 heteroatoms. The fourth-order valence-corrected chi connectivity index (χ4v) is 3.54. The van der Waals surface area contributed by atoms with E-state index in [2.05, 4.69) is 15.4 Å². The Labute approximate surface area is 165 Å². The molecule has 3 aromatic heterocycles. The highest BCUT2D eigenvalue weighted by molar-refractivity contribution is 7.09. The van der Waals surface area contributed by atoms with Gasteiger partial charge in [0.25, 0.3) is 5.56 Å². The number of benzene rings is 1. The maximum absolute atomic E-state index is 12.7. The number of fused-ring (bicyclic) bond motifs is 1. The first-order valence-electron chi connectivity index (χ1n) is 8.91. The molecule has 0 saturated heterocycles. The highest BCUT2D eigenvalue weighted by atomic mass is 32.1.